The van der Waals surface area contributed by atoms with E-state index in [1.165, 1.54) is 4.31 Å². The van der Waals surface area contributed by atoms with Gasteiger partial charge in [0, 0.05) is 19.6 Å². The third-order valence-corrected chi connectivity index (χ3v) is 6.91. The van der Waals surface area contributed by atoms with Crippen molar-refractivity contribution in [3.8, 4) is 5.75 Å². The zero-order chi connectivity index (χ0) is 20.2. The molecule has 0 radical (unpaired) electrons. The smallest absolute Gasteiger partial charge is 0.246 e. The molecule has 8 heteroatoms. The van der Waals surface area contributed by atoms with Gasteiger partial charge in [-0.3, -0.25) is 9.58 Å². The molecular formula is C19H30N4O3S. The first-order valence-electron chi connectivity index (χ1n) is 9.10. The Balaban J connectivity index is 2.20. The Morgan fingerprint density at radius 2 is 1.70 bits per heavy atom. The van der Waals surface area contributed by atoms with E-state index in [1.807, 2.05) is 52.1 Å². The molecule has 7 nitrogen and oxygen atoms in total. The third-order valence-electron chi connectivity index (χ3n) is 4.61. The lowest BCUT2D eigenvalue weighted by atomic mass is 10.2. The summed E-state index contributed by atoms with van der Waals surface area (Å²) in [4.78, 5) is 2.42. The van der Waals surface area contributed by atoms with Crippen LogP contribution < -0.4 is 4.74 Å². The number of nitrogens with zero attached hydrogens (tertiary/aromatic N) is 4. The van der Waals surface area contributed by atoms with Crippen LogP contribution in [0.15, 0.2) is 29.2 Å². The number of methoxy groups -OCH3 is 1. The molecule has 0 amide bonds. The summed E-state index contributed by atoms with van der Waals surface area (Å²) < 4.78 is 34.3. The predicted octanol–water partition coefficient (Wildman–Crippen LogP) is 2.63. The van der Waals surface area contributed by atoms with E-state index < -0.39 is 10.0 Å². The number of sulfonamides is 1. The molecule has 1 heterocycles. The van der Waals surface area contributed by atoms with Gasteiger partial charge in [-0.05, 0) is 38.6 Å². The summed E-state index contributed by atoms with van der Waals surface area (Å²) in [5, 5.41) is 4.49. The summed E-state index contributed by atoms with van der Waals surface area (Å²) in [6.45, 7) is 9.38. The van der Waals surface area contributed by atoms with Crippen molar-refractivity contribution in [2.24, 2.45) is 0 Å². The van der Waals surface area contributed by atoms with Crippen molar-refractivity contribution in [1.82, 2.24) is 19.0 Å². The van der Waals surface area contributed by atoms with Crippen molar-refractivity contribution in [2.45, 2.75) is 45.8 Å². The number of aryl methyl sites for hydroxylation is 1. The van der Waals surface area contributed by atoms with Gasteiger partial charge in [-0.2, -0.15) is 9.40 Å². The Kier molecular flexibility index (Phi) is 7.02. The molecule has 1 aromatic carbocycles. The van der Waals surface area contributed by atoms with Gasteiger partial charge < -0.3 is 4.74 Å². The van der Waals surface area contributed by atoms with Crippen LogP contribution in [0.1, 0.15) is 30.8 Å². The maximum absolute atomic E-state index is 12.9. The van der Waals surface area contributed by atoms with Crippen LogP contribution in [0.3, 0.4) is 0 Å². The summed E-state index contributed by atoms with van der Waals surface area (Å²) in [7, 11) is 0.105. The molecule has 2 aromatic rings. The highest BCUT2D eigenvalue weighted by Crippen LogP contribution is 2.23. The Morgan fingerprint density at radius 3 is 2.22 bits per heavy atom. The monoisotopic (exact) mass is 394 g/mol. The van der Waals surface area contributed by atoms with Crippen LogP contribution in [0.5, 0.6) is 5.75 Å². The molecule has 0 spiro atoms. The standard InChI is InChI=1S/C19H30N4O3S/c1-7-22(8-2)27(24,25)19-15(3)20-23(16(19)4)14-21(5)13-17-9-11-18(26-6)12-10-17/h9-12H,7-8,13-14H2,1-6H3. The van der Waals surface area contributed by atoms with Gasteiger partial charge in [0.15, 0.2) is 0 Å². The molecular weight excluding hydrogens is 364 g/mol. The average molecular weight is 395 g/mol. The minimum atomic E-state index is -3.53. The second-order valence-electron chi connectivity index (χ2n) is 6.59. The van der Waals surface area contributed by atoms with Crippen LogP contribution in [0.25, 0.3) is 0 Å². The van der Waals surface area contributed by atoms with Crippen LogP contribution >= 0.6 is 0 Å². The van der Waals surface area contributed by atoms with Crippen molar-refractivity contribution in [3.63, 3.8) is 0 Å². The lowest BCUT2D eigenvalue weighted by molar-refractivity contribution is 0.243. The van der Waals surface area contributed by atoms with E-state index in [-0.39, 0.29) is 0 Å². The highest BCUT2D eigenvalue weighted by molar-refractivity contribution is 7.89. The molecule has 0 aliphatic rings. The zero-order valence-electron chi connectivity index (χ0n) is 17.1. The molecule has 0 aliphatic carbocycles. The quantitative estimate of drug-likeness (QED) is 0.654. The molecule has 0 saturated carbocycles. The molecule has 0 bridgehead atoms. The maximum atomic E-state index is 12.9. The number of benzene rings is 1. The lowest BCUT2D eigenvalue weighted by Crippen LogP contribution is -2.31. The Bertz CT molecular complexity index is 856. The summed E-state index contributed by atoms with van der Waals surface area (Å²) in [6.07, 6.45) is 0. The highest BCUT2D eigenvalue weighted by Gasteiger charge is 2.29. The number of rotatable bonds is 9. The first kappa shape index (κ1) is 21.4. The Labute approximate surface area is 162 Å². The summed E-state index contributed by atoms with van der Waals surface area (Å²) >= 11 is 0. The van der Waals surface area contributed by atoms with Crippen molar-refractivity contribution in [1.29, 1.82) is 0 Å². The number of ether oxygens (including phenoxy) is 1. The molecule has 150 valence electrons. The second kappa shape index (κ2) is 8.86. The fourth-order valence-corrected chi connectivity index (χ4v) is 5.04. The van der Waals surface area contributed by atoms with Gasteiger partial charge in [-0.15, -0.1) is 0 Å². The average Bonchev–Trinajstić information content (AvgIpc) is 2.90. The predicted molar refractivity (Wildman–Crippen MR) is 106 cm³/mol. The summed E-state index contributed by atoms with van der Waals surface area (Å²) in [6, 6.07) is 7.90. The van der Waals surface area contributed by atoms with Crippen LogP contribution in [0.4, 0.5) is 0 Å². The largest absolute Gasteiger partial charge is 0.497 e. The first-order chi connectivity index (χ1) is 12.7. The molecule has 0 N–H and O–H groups in total. The molecule has 1 aromatic heterocycles. The molecule has 0 aliphatic heterocycles. The van der Waals surface area contributed by atoms with E-state index >= 15 is 0 Å². The molecule has 0 unspecified atom stereocenters. The van der Waals surface area contributed by atoms with Crippen LogP contribution in [-0.4, -0.2) is 54.7 Å². The van der Waals surface area contributed by atoms with Gasteiger partial charge in [0.1, 0.15) is 10.6 Å². The second-order valence-corrected chi connectivity index (χ2v) is 8.47. The van der Waals surface area contributed by atoms with Crippen LogP contribution in [-0.2, 0) is 23.2 Å². The minimum absolute atomic E-state index is 0.323. The van der Waals surface area contributed by atoms with Gasteiger partial charge in [-0.1, -0.05) is 26.0 Å². The van der Waals surface area contributed by atoms with Crippen molar-refractivity contribution < 1.29 is 13.2 Å². The molecule has 27 heavy (non-hydrogen) atoms. The van der Waals surface area contributed by atoms with Crippen LogP contribution in [0.2, 0.25) is 0 Å². The summed E-state index contributed by atoms with van der Waals surface area (Å²) in [5.74, 6) is 0.825. The summed E-state index contributed by atoms with van der Waals surface area (Å²) in [5.41, 5.74) is 2.36. The maximum Gasteiger partial charge on any atom is 0.246 e. The molecule has 0 fully saturated rings. The fraction of sp³-hybridized carbons (Fsp3) is 0.526. The van der Waals surface area contributed by atoms with E-state index in [0.717, 1.165) is 17.9 Å². The first-order valence-corrected chi connectivity index (χ1v) is 10.5. The van der Waals surface area contributed by atoms with E-state index in [9.17, 15) is 8.42 Å². The topological polar surface area (TPSA) is 67.7 Å². The SMILES string of the molecule is CCN(CC)S(=O)(=O)c1c(C)nn(CN(C)Cc2ccc(OC)cc2)c1C. The molecule has 0 saturated heterocycles. The third kappa shape index (κ3) is 4.69. The van der Waals surface area contributed by atoms with E-state index in [2.05, 4.69) is 10.00 Å². The fourth-order valence-electron chi connectivity index (χ4n) is 3.21. The van der Waals surface area contributed by atoms with Crippen molar-refractivity contribution in [3.05, 3.63) is 41.2 Å². The van der Waals surface area contributed by atoms with Crippen LogP contribution in [0, 0.1) is 13.8 Å². The Morgan fingerprint density at radius 1 is 1.11 bits per heavy atom. The van der Waals surface area contributed by atoms with E-state index in [0.29, 0.717) is 36.0 Å². The Hall–Kier alpha value is -1.90. The van der Waals surface area contributed by atoms with E-state index in [1.54, 1.807) is 18.7 Å². The zero-order valence-corrected chi connectivity index (χ0v) is 17.9. The van der Waals surface area contributed by atoms with Gasteiger partial charge in [0.2, 0.25) is 10.0 Å². The molecule has 0 atom stereocenters. The van der Waals surface area contributed by atoms with Crippen molar-refractivity contribution >= 4 is 10.0 Å². The van der Waals surface area contributed by atoms with Gasteiger partial charge >= 0.3 is 0 Å². The number of hydrogen-bond acceptors (Lipinski definition) is 5. The minimum Gasteiger partial charge on any atom is -0.497 e. The normalized spacial score (nSPS) is 12.1. The molecule has 2 rings (SSSR count). The van der Waals surface area contributed by atoms with Gasteiger partial charge in [0.25, 0.3) is 0 Å². The lowest BCUT2D eigenvalue weighted by Gasteiger charge is -2.20. The van der Waals surface area contributed by atoms with Crippen molar-refractivity contribution in [2.75, 3.05) is 27.2 Å². The van der Waals surface area contributed by atoms with Gasteiger partial charge in [0.05, 0.1) is 25.2 Å². The number of hydrogen-bond donors (Lipinski definition) is 0. The highest BCUT2D eigenvalue weighted by atomic mass is 32.2. The number of aromatic nitrogens is 2. The van der Waals surface area contributed by atoms with Gasteiger partial charge in [-0.25, -0.2) is 8.42 Å². The van der Waals surface area contributed by atoms with E-state index in [4.69, 9.17) is 4.74 Å².